The molecule has 1 heterocycles. The second-order valence-electron chi connectivity index (χ2n) is 5.20. The number of aryl methyl sites for hydroxylation is 1. The standard InChI is InChI=1S/C13H15NO3S/c1-6-5-18-11(13(16)17)10(6)14-12(15)9-7-3-2-4-8(7)9/h5,7-9H,2-4H2,1H3,(H,14,15)(H,16,17). The fraction of sp³-hybridized carbons (Fsp3) is 0.538. The number of thiophene rings is 1. The molecule has 2 atom stereocenters. The molecule has 0 aromatic carbocycles. The SMILES string of the molecule is Cc1csc(C(=O)O)c1NC(=O)C1C2CCCC21. The van der Waals surface area contributed by atoms with Crippen molar-refractivity contribution in [2.24, 2.45) is 17.8 Å². The molecule has 1 aromatic heterocycles. The Hall–Kier alpha value is -1.36. The normalized spacial score (nSPS) is 28.8. The Balaban J connectivity index is 1.75. The van der Waals surface area contributed by atoms with Gasteiger partial charge in [-0.1, -0.05) is 6.42 Å². The molecule has 2 aliphatic rings. The minimum absolute atomic E-state index is 0.00806. The second kappa shape index (κ2) is 4.09. The molecule has 0 aliphatic heterocycles. The van der Waals surface area contributed by atoms with Crippen LogP contribution in [-0.4, -0.2) is 17.0 Å². The van der Waals surface area contributed by atoms with E-state index < -0.39 is 5.97 Å². The van der Waals surface area contributed by atoms with Crippen molar-refractivity contribution >= 4 is 28.9 Å². The van der Waals surface area contributed by atoms with Crippen molar-refractivity contribution < 1.29 is 14.7 Å². The van der Waals surface area contributed by atoms with Gasteiger partial charge in [0.05, 0.1) is 5.69 Å². The monoisotopic (exact) mass is 265 g/mol. The Labute approximate surface area is 109 Å². The van der Waals surface area contributed by atoms with Crippen LogP contribution in [0.15, 0.2) is 5.38 Å². The molecule has 3 rings (SSSR count). The third kappa shape index (κ3) is 1.73. The minimum atomic E-state index is -0.973. The average Bonchev–Trinajstić information content (AvgIpc) is 2.68. The summed E-state index contributed by atoms with van der Waals surface area (Å²) >= 11 is 1.17. The van der Waals surface area contributed by atoms with Crippen LogP contribution in [0.3, 0.4) is 0 Å². The maximum absolute atomic E-state index is 12.1. The molecule has 2 aliphatic carbocycles. The van der Waals surface area contributed by atoms with Gasteiger partial charge in [-0.3, -0.25) is 4.79 Å². The lowest BCUT2D eigenvalue weighted by Gasteiger charge is -2.07. The van der Waals surface area contributed by atoms with Crippen LogP contribution in [0, 0.1) is 24.7 Å². The fourth-order valence-electron chi connectivity index (χ4n) is 3.17. The number of hydrogen-bond acceptors (Lipinski definition) is 3. The van der Waals surface area contributed by atoms with E-state index in [0.29, 0.717) is 17.5 Å². The summed E-state index contributed by atoms with van der Waals surface area (Å²) in [7, 11) is 0. The van der Waals surface area contributed by atoms with Crippen molar-refractivity contribution in [3.05, 3.63) is 15.8 Å². The number of aromatic carboxylic acids is 1. The quantitative estimate of drug-likeness (QED) is 0.883. The van der Waals surface area contributed by atoms with Crippen LogP contribution < -0.4 is 5.32 Å². The van der Waals surface area contributed by atoms with Crippen molar-refractivity contribution in [2.75, 3.05) is 5.32 Å². The summed E-state index contributed by atoms with van der Waals surface area (Å²) in [5.41, 5.74) is 1.32. The fourth-order valence-corrected chi connectivity index (χ4v) is 4.02. The first kappa shape index (κ1) is 11.7. The summed E-state index contributed by atoms with van der Waals surface area (Å²) < 4.78 is 0. The molecule has 0 saturated heterocycles. The lowest BCUT2D eigenvalue weighted by atomic mass is 10.1. The zero-order valence-corrected chi connectivity index (χ0v) is 10.9. The number of fused-ring (bicyclic) bond motifs is 1. The van der Waals surface area contributed by atoms with E-state index in [1.807, 2.05) is 6.92 Å². The van der Waals surface area contributed by atoms with Gasteiger partial charge in [-0.25, -0.2) is 4.79 Å². The summed E-state index contributed by atoms with van der Waals surface area (Å²) in [6, 6.07) is 0. The lowest BCUT2D eigenvalue weighted by Crippen LogP contribution is -2.18. The van der Waals surface area contributed by atoms with Crippen LogP contribution in [0.25, 0.3) is 0 Å². The first-order chi connectivity index (χ1) is 8.59. The van der Waals surface area contributed by atoms with Crippen LogP contribution in [0.5, 0.6) is 0 Å². The third-order valence-electron chi connectivity index (χ3n) is 4.13. The number of amides is 1. The smallest absolute Gasteiger partial charge is 0.348 e. The van der Waals surface area contributed by atoms with E-state index in [1.54, 1.807) is 5.38 Å². The summed E-state index contributed by atoms with van der Waals surface area (Å²) in [6.45, 7) is 1.83. The van der Waals surface area contributed by atoms with Gasteiger partial charge in [-0.05, 0) is 42.5 Å². The maximum Gasteiger partial charge on any atom is 0.348 e. The Kier molecular flexibility index (Phi) is 2.66. The molecule has 1 amide bonds. The topological polar surface area (TPSA) is 66.4 Å². The number of carbonyl (C=O) groups excluding carboxylic acids is 1. The van der Waals surface area contributed by atoms with Crippen LogP contribution in [-0.2, 0) is 4.79 Å². The molecule has 2 fully saturated rings. The number of hydrogen-bond donors (Lipinski definition) is 2. The molecule has 1 aromatic rings. The van der Waals surface area contributed by atoms with E-state index in [-0.39, 0.29) is 16.7 Å². The van der Waals surface area contributed by atoms with Gasteiger partial charge < -0.3 is 10.4 Å². The number of carboxylic acids is 1. The molecule has 2 N–H and O–H groups in total. The summed E-state index contributed by atoms with van der Waals surface area (Å²) in [4.78, 5) is 23.4. The predicted molar refractivity (Wildman–Crippen MR) is 69.0 cm³/mol. The lowest BCUT2D eigenvalue weighted by molar-refractivity contribution is -0.118. The first-order valence-electron chi connectivity index (χ1n) is 6.22. The molecule has 4 nitrogen and oxygen atoms in total. The zero-order valence-electron chi connectivity index (χ0n) is 10.1. The van der Waals surface area contributed by atoms with Gasteiger partial charge in [0.1, 0.15) is 4.88 Å². The number of rotatable bonds is 3. The van der Waals surface area contributed by atoms with Crippen molar-refractivity contribution in [1.82, 2.24) is 0 Å². The maximum atomic E-state index is 12.1. The predicted octanol–water partition coefficient (Wildman–Crippen LogP) is 2.74. The molecule has 5 heteroatoms. The summed E-state index contributed by atoms with van der Waals surface area (Å²) in [6.07, 6.45) is 3.53. The van der Waals surface area contributed by atoms with E-state index in [2.05, 4.69) is 5.32 Å². The van der Waals surface area contributed by atoms with E-state index in [0.717, 1.165) is 18.4 Å². The van der Waals surface area contributed by atoms with E-state index >= 15 is 0 Å². The molecular formula is C13H15NO3S. The van der Waals surface area contributed by atoms with Crippen LogP contribution in [0.4, 0.5) is 5.69 Å². The van der Waals surface area contributed by atoms with Gasteiger partial charge in [0.25, 0.3) is 0 Å². The van der Waals surface area contributed by atoms with Crippen LogP contribution >= 0.6 is 11.3 Å². The number of anilines is 1. The largest absolute Gasteiger partial charge is 0.477 e. The van der Waals surface area contributed by atoms with Crippen LogP contribution in [0.2, 0.25) is 0 Å². The van der Waals surface area contributed by atoms with Crippen molar-refractivity contribution in [1.29, 1.82) is 0 Å². The second-order valence-corrected chi connectivity index (χ2v) is 6.08. The Morgan fingerprint density at radius 1 is 1.39 bits per heavy atom. The summed E-state index contributed by atoms with van der Waals surface area (Å²) in [5.74, 6) is 0.266. The first-order valence-corrected chi connectivity index (χ1v) is 7.10. The Morgan fingerprint density at radius 2 is 2.06 bits per heavy atom. The third-order valence-corrected chi connectivity index (χ3v) is 5.21. The highest BCUT2D eigenvalue weighted by molar-refractivity contribution is 7.12. The molecule has 0 radical (unpaired) electrons. The van der Waals surface area contributed by atoms with Gasteiger partial charge >= 0.3 is 5.97 Å². The zero-order chi connectivity index (χ0) is 12.9. The minimum Gasteiger partial charge on any atom is -0.477 e. The molecule has 0 bridgehead atoms. The highest BCUT2D eigenvalue weighted by Crippen LogP contribution is 2.57. The Bertz CT molecular complexity index is 512. The van der Waals surface area contributed by atoms with Gasteiger partial charge in [0.2, 0.25) is 5.91 Å². The highest BCUT2D eigenvalue weighted by atomic mass is 32.1. The molecule has 96 valence electrons. The van der Waals surface area contributed by atoms with Gasteiger partial charge in [0.15, 0.2) is 0 Å². The molecular weight excluding hydrogens is 250 g/mol. The Morgan fingerprint density at radius 3 is 2.67 bits per heavy atom. The molecule has 2 saturated carbocycles. The molecule has 0 spiro atoms. The average molecular weight is 265 g/mol. The van der Waals surface area contributed by atoms with E-state index in [4.69, 9.17) is 5.11 Å². The van der Waals surface area contributed by atoms with E-state index in [9.17, 15) is 9.59 Å². The van der Waals surface area contributed by atoms with Gasteiger partial charge in [-0.15, -0.1) is 11.3 Å². The van der Waals surface area contributed by atoms with Crippen molar-refractivity contribution in [3.63, 3.8) is 0 Å². The number of nitrogens with one attached hydrogen (secondary N) is 1. The number of carbonyl (C=O) groups is 2. The highest BCUT2D eigenvalue weighted by Gasteiger charge is 2.56. The molecule has 2 unspecified atom stereocenters. The van der Waals surface area contributed by atoms with E-state index in [1.165, 1.54) is 17.8 Å². The van der Waals surface area contributed by atoms with Gasteiger partial charge in [-0.2, -0.15) is 0 Å². The molecule has 18 heavy (non-hydrogen) atoms. The van der Waals surface area contributed by atoms with Gasteiger partial charge in [0, 0.05) is 5.92 Å². The van der Waals surface area contributed by atoms with Crippen LogP contribution in [0.1, 0.15) is 34.5 Å². The number of carboxylic acid groups (broad SMARTS) is 1. The van der Waals surface area contributed by atoms with Crippen molar-refractivity contribution in [2.45, 2.75) is 26.2 Å². The summed E-state index contributed by atoms with van der Waals surface area (Å²) in [5, 5.41) is 13.7. The van der Waals surface area contributed by atoms with Crippen molar-refractivity contribution in [3.8, 4) is 0 Å².